The lowest BCUT2D eigenvalue weighted by atomic mass is 9.91. The number of benzene rings is 3. The molecule has 4 amide bonds. The first-order valence-electron chi connectivity index (χ1n) is 19.2. The van der Waals surface area contributed by atoms with E-state index in [2.05, 4.69) is 17.2 Å². The lowest BCUT2D eigenvalue weighted by molar-refractivity contribution is -0.394. The number of non-ortho nitro benzene ring substituents is 2. The molecule has 0 unspecified atom stereocenters. The number of nitrogens with zero attached hydrogens (tertiary/aromatic N) is 5. The van der Waals surface area contributed by atoms with E-state index in [9.17, 15) is 39.4 Å². The van der Waals surface area contributed by atoms with Crippen LogP contribution in [0, 0.1) is 45.9 Å². The third kappa shape index (κ3) is 6.98. The van der Waals surface area contributed by atoms with E-state index in [0.717, 1.165) is 22.2 Å². The maximum Gasteiger partial charge on any atom is 0.417 e. The zero-order chi connectivity index (χ0) is 46.3. The third-order valence-corrected chi connectivity index (χ3v) is 11.5. The van der Waals surface area contributed by atoms with Crippen LogP contribution in [0.5, 0.6) is 0 Å². The van der Waals surface area contributed by atoms with Crippen molar-refractivity contribution in [1.82, 2.24) is 14.5 Å². The Labute approximate surface area is 356 Å². The number of amides is 4. The quantitative estimate of drug-likeness (QED) is 0.0601. The van der Waals surface area contributed by atoms with Crippen LogP contribution in [0.3, 0.4) is 0 Å². The Kier molecular flexibility index (Phi) is 10.5. The van der Waals surface area contributed by atoms with Crippen LogP contribution in [-0.2, 0) is 33.3 Å². The fourth-order valence-electron chi connectivity index (χ4n) is 8.44. The number of imide groups is 2. The fraction of sp³-hybridized carbons (Fsp3) is 0.217. The molecule has 0 radical (unpaired) electrons. The highest BCUT2D eigenvalue weighted by molar-refractivity contribution is 6.39. The monoisotopic (exact) mass is 858 g/mol. The first kappa shape index (κ1) is 43.2. The molecule has 320 valence electrons. The molecule has 2 saturated heterocycles. The Bertz CT molecular complexity index is 3180. The van der Waals surface area contributed by atoms with Crippen molar-refractivity contribution < 1.29 is 42.2 Å². The van der Waals surface area contributed by atoms with E-state index >= 15 is 13.2 Å². The van der Waals surface area contributed by atoms with Gasteiger partial charge >= 0.3 is 6.18 Å². The van der Waals surface area contributed by atoms with Gasteiger partial charge in [0, 0.05) is 81.7 Å². The number of hydrogen-bond donors (Lipinski definition) is 1. The normalized spacial score (nSPS) is 16.0. The van der Waals surface area contributed by atoms with Crippen molar-refractivity contribution in [2.45, 2.75) is 54.6 Å². The number of rotatable bonds is 5. The number of anilines is 1. The van der Waals surface area contributed by atoms with Crippen LogP contribution in [-0.4, -0.2) is 48.8 Å². The Morgan fingerprint density at radius 1 is 0.635 bits per heavy atom. The van der Waals surface area contributed by atoms with Crippen molar-refractivity contribution in [3.63, 3.8) is 0 Å². The molecule has 17 heteroatoms. The Morgan fingerprint density at radius 2 is 1.08 bits per heavy atom. The second-order valence-electron chi connectivity index (χ2n) is 15.7. The Morgan fingerprint density at radius 3 is 1.54 bits per heavy atom. The van der Waals surface area contributed by atoms with Crippen molar-refractivity contribution in [3.05, 3.63) is 142 Å². The lowest BCUT2D eigenvalue weighted by Crippen LogP contribution is -2.30. The van der Waals surface area contributed by atoms with E-state index < -0.39 is 79.0 Å². The molecule has 2 aliphatic heterocycles. The summed E-state index contributed by atoms with van der Waals surface area (Å²) in [6.45, 7) is 11.3. The molecular weight excluding hydrogens is 822 g/mol. The first-order chi connectivity index (χ1) is 29.5. The largest absolute Gasteiger partial charge is 0.417 e. The van der Waals surface area contributed by atoms with Gasteiger partial charge in [-0.25, -0.2) is 4.90 Å². The number of nitro groups is 2. The summed E-state index contributed by atoms with van der Waals surface area (Å²) < 4.78 is 50.5. The van der Waals surface area contributed by atoms with Crippen LogP contribution >= 0.6 is 0 Å². The highest BCUT2D eigenvalue weighted by atomic mass is 19.4. The van der Waals surface area contributed by atoms with Gasteiger partial charge in [-0.15, -0.1) is 0 Å². The average Bonchev–Trinajstić information content (AvgIpc) is 3.83. The molecule has 1 N–H and O–H groups in total. The first-order valence-corrected chi connectivity index (χ1v) is 19.2. The molecule has 4 heterocycles. The van der Waals surface area contributed by atoms with Crippen molar-refractivity contribution in [1.29, 1.82) is 0 Å². The van der Waals surface area contributed by atoms with E-state index in [4.69, 9.17) is 0 Å². The zero-order valence-electron chi connectivity index (χ0n) is 35.3. The molecule has 3 aromatic carbocycles. The SMILES string of the molecule is CC(C)=C1C(=O)NC(=O)/C1=C(/C)c1c(C)n(C)c2ccc(C#Cc3ccc4c(c3)c(/C(=C3\C(=O)N(c5cc([N+](=O)[O-])cc([N+](=O)[O-])c5)C(=O)C3=C(C)C)C(F)(F)F)c(C)n4C)cc12. The van der Waals surface area contributed by atoms with Gasteiger partial charge in [-0.3, -0.25) is 44.7 Å². The maximum atomic E-state index is 15.7. The number of nitro benzene ring substituents is 2. The van der Waals surface area contributed by atoms with Crippen LogP contribution in [0.1, 0.15) is 68.3 Å². The standard InChI is InChI=1S/C46H37F3N6O8/c1-21(2)35-38(43(57)50-42(35)56)23(5)37-24(6)51(8)33-14-12-26(16-31(33)37)10-11-27-13-15-34-32(17-27)39(25(7)52(34)9)41(46(47,48)49)40-36(22(3)4)44(58)53(45(40)59)28-18-29(54(60)61)20-30(19-28)55(62)63/h12-20H,1-9H3,(H,50,56,57)/b38-23-,41-40+. The van der Waals surface area contributed by atoms with Gasteiger partial charge < -0.3 is 9.13 Å². The Hall–Kier alpha value is -7.87. The van der Waals surface area contributed by atoms with Gasteiger partial charge in [0.25, 0.3) is 35.0 Å². The number of fused-ring (bicyclic) bond motifs is 2. The van der Waals surface area contributed by atoms with Crippen LogP contribution in [0.4, 0.5) is 30.2 Å². The van der Waals surface area contributed by atoms with Gasteiger partial charge in [0.05, 0.1) is 49.5 Å². The van der Waals surface area contributed by atoms with Gasteiger partial charge in [0.15, 0.2) is 0 Å². The van der Waals surface area contributed by atoms with Crippen LogP contribution in [0.2, 0.25) is 0 Å². The molecule has 0 atom stereocenters. The predicted molar refractivity (Wildman–Crippen MR) is 229 cm³/mol. The number of halogens is 3. The van der Waals surface area contributed by atoms with Crippen molar-refractivity contribution in [3.8, 4) is 11.8 Å². The molecule has 5 aromatic rings. The molecule has 7 rings (SSSR count). The van der Waals surface area contributed by atoms with E-state index in [1.165, 1.54) is 31.4 Å². The van der Waals surface area contributed by atoms with Gasteiger partial charge in [0.1, 0.15) is 0 Å². The highest BCUT2D eigenvalue weighted by Gasteiger charge is 2.50. The maximum absolute atomic E-state index is 15.7. The highest BCUT2D eigenvalue weighted by Crippen LogP contribution is 2.48. The number of carbonyl (C=O) groups excluding carboxylic acids is 4. The summed E-state index contributed by atoms with van der Waals surface area (Å²) in [6.07, 6.45) is -5.26. The molecule has 0 bridgehead atoms. The topological polar surface area (TPSA) is 180 Å². The molecule has 14 nitrogen and oxygen atoms in total. The number of carbonyl (C=O) groups is 4. The molecule has 2 aliphatic rings. The minimum absolute atomic E-state index is 0.0227. The number of aromatic nitrogens is 2. The van der Waals surface area contributed by atoms with E-state index in [1.807, 2.05) is 30.7 Å². The lowest BCUT2D eigenvalue weighted by Gasteiger charge is -2.17. The summed E-state index contributed by atoms with van der Waals surface area (Å²) in [5.41, 5.74) is -0.262. The van der Waals surface area contributed by atoms with Crippen molar-refractivity contribution in [2.24, 2.45) is 14.1 Å². The van der Waals surface area contributed by atoms with Gasteiger partial charge in [-0.05, 0) is 90.4 Å². The smallest absolute Gasteiger partial charge is 0.347 e. The predicted octanol–water partition coefficient (Wildman–Crippen LogP) is 8.50. The summed E-state index contributed by atoms with van der Waals surface area (Å²) in [7, 11) is 3.42. The van der Waals surface area contributed by atoms with Crippen LogP contribution in [0.25, 0.3) is 33.0 Å². The summed E-state index contributed by atoms with van der Waals surface area (Å²) >= 11 is 0. The molecule has 0 spiro atoms. The van der Waals surface area contributed by atoms with Gasteiger partial charge in [-0.2, -0.15) is 13.2 Å². The molecular formula is C46H37F3N6O8. The number of aryl methyl sites for hydroxylation is 2. The number of nitrogens with one attached hydrogen (secondary N) is 1. The van der Waals surface area contributed by atoms with Crippen LogP contribution in [0.15, 0.2) is 88.0 Å². The summed E-state index contributed by atoms with van der Waals surface area (Å²) in [5.74, 6) is 2.46. The van der Waals surface area contributed by atoms with E-state index in [0.29, 0.717) is 51.6 Å². The molecule has 0 aliphatic carbocycles. The van der Waals surface area contributed by atoms with Crippen molar-refractivity contribution >= 4 is 73.6 Å². The molecule has 63 heavy (non-hydrogen) atoms. The fourth-order valence-corrected chi connectivity index (χ4v) is 8.44. The van der Waals surface area contributed by atoms with E-state index in [-0.39, 0.29) is 27.1 Å². The third-order valence-electron chi connectivity index (χ3n) is 11.5. The second-order valence-corrected chi connectivity index (χ2v) is 15.7. The number of allylic oxidation sites excluding steroid dienone is 4. The zero-order valence-corrected chi connectivity index (χ0v) is 35.3. The Balaban J connectivity index is 1.40. The molecule has 2 aromatic heterocycles. The average molecular weight is 859 g/mol. The van der Waals surface area contributed by atoms with Gasteiger partial charge in [-0.1, -0.05) is 23.0 Å². The van der Waals surface area contributed by atoms with E-state index in [1.54, 1.807) is 46.0 Å². The van der Waals surface area contributed by atoms with Crippen molar-refractivity contribution in [2.75, 3.05) is 4.90 Å². The summed E-state index contributed by atoms with van der Waals surface area (Å²) in [4.78, 5) is 75.6. The number of alkyl halides is 3. The van der Waals surface area contributed by atoms with Gasteiger partial charge in [0.2, 0.25) is 0 Å². The summed E-state index contributed by atoms with van der Waals surface area (Å²) in [5, 5.41) is 26.5. The van der Waals surface area contributed by atoms with Crippen LogP contribution < -0.4 is 10.2 Å². The second kappa shape index (κ2) is 15.2. The minimum atomic E-state index is -5.26. The molecule has 2 fully saturated rings. The molecule has 0 saturated carbocycles. The summed E-state index contributed by atoms with van der Waals surface area (Å²) in [6, 6.07) is 12.2. The minimum Gasteiger partial charge on any atom is -0.347 e. The number of hydrogen-bond acceptors (Lipinski definition) is 8.